The normalized spacial score (nSPS) is 9.50. The Labute approximate surface area is 93.9 Å². The van der Waals surface area contributed by atoms with E-state index in [2.05, 4.69) is 11.1 Å². The molecule has 0 aliphatic rings. The maximum atomic E-state index is 9.07. The standard InChI is InChI=1S/C13H10N2O/c1-16-12-7-4-5-10(9-14)13(12)11-6-2-3-8-15-11/h2-8H,1H3. The highest BCUT2D eigenvalue weighted by atomic mass is 16.5. The third-order valence-corrected chi connectivity index (χ3v) is 2.29. The van der Waals surface area contributed by atoms with Crippen molar-refractivity contribution >= 4 is 0 Å². The van der Waals surface area contributed by atoms with Crippen molar-refractivity contribution in [2.45, 2.75) is 0 Å². The van der Waals surface area contributed by atoms with Crippen molar-refractivity contribution in [3.63, 3.8) is 0 Å². The summed E-state index contributed by atoms with van der Waals surface area (Å²) in [5.74, 6) is 0.665. The van der Waals surface area contributed by atoms with Crippen LogP contribution in [0.15, 0.2) is 42.6 Å². The molecule has 1 heterocycles. The molecule has 0 aliphatic heterocycles. The highest BCUT2D eigenvalue weighted by Crippen LogP contribution is 2.31. The molecule has 3 nitrogen and oxygen atoms in total. The summed E-state index contributed by atoms with van der Waals surface area (Å²) in [4.78, 5) is 4.24. The van der Waals surface area contributed by atoms with E-state index in [0.29, 0.717) is 11.3 Å². The van der Waals surface area contributed by atoms with Crippen LogP contribution < -0.4 is 4.74 Å². The van der Waals surface area contributed by atoms with Gasteiger partial charge in [0.1, 0.15) is 5.75 Å². The molecule has 0 N–H and O–H groups in total. The van der Waals surface area contributed by atoms with Crippen LogP contribution in [0.5, 0.6) is 5.75 Å². The smallest absolute Gasteiger partial charge is 0.129 e. The van der Waals surface area contributed by atoms with Gasteiger partial charge < -0.3 is 4.74 Å². The molecule has 3 heteroatoms. The van der Waals surface area contributed by atoms with Crippen LogP contribution in [0.1, 0.15) is 5.56 Å². The SMILES string of the molecule is COc1cccc(C#N)c1-c1ccccn1. The minimum absolute atomic E-state index is 0.568. The molecule has 2 rings (SSSR count). The predicted octanol–water partition coefficient (Wildman–Crippen LogP) is 2.63. The zero-order valence-electron chi connectivity index (χ0n) is 8.84. The molecule has 2 aromatic rings. The fourth-order valence-corrected chi connectivity index (χ4v) is 1.57. The lowest BCUT2D eigenvalue weighted by Gasteiger charge is -2.08. The quantitative estimate of drug-likeness (QED) is 0.765. The van der Waals surface area contributed by atoms with Crippen molar-refractivity contribution in [3.05, 3.63) is 48.2 Å². The van der Waals surface area contributed by atoms with Crippen molar-refractivity contribution in [1.29, 1.82) is 5.26 Å². The van der Waals surface area contributed by atoms with E-state index in [0.717, 1.165) is 11.3 Å². The summed E-state index contributed by atoms with van der Waals surface area (Å²) in [5.41, 5.74) is 2.06. The maximum absolute atomic E-state index is 9.07. The molecule has 0 amide bonds. The third kappa shape index (κ3) is 1.73. The van der Waals surface area contributed by atoms with Gasteiger partial charge in [-0.05, 0) is 24.3 Å². The van der Waals surface area contributed by atoms with Gasteiger partial charge in [-0.25, -0.2) is 0 Å². The van der Waals surface area contributed by atoms with Crippen LogP contribution in [0.4, 0.5) is 0 Å². The summed E-state index contributed by atoms with van der Waals surface area (Å²) in [6, 6.07) is 13.1. The Balaban J connectivity index is 2.68. The van der Waals surface area contributed by atoms with Crippen LogP contribution in [-0.2, 0) is 0 Å². The Hall–Kier alpha value is -2.34. The van der Waals surface area contributed by atoms with Crippen molar-refractivity contribution in [2.24, 2.45) is 0 Å². The van der Waals surface area contributed by atoms with Crippen molar-refractivity contribution in [3.8, 4) is 23.1 Å². The minimum Gasteiger partial charge on any atom is -0.496 e. The molecule has 1 aromatic heterocycles. The van der Waals surface area contributed by atoms with Gasteiger partial charge in [-0.1, -0.05) is 12.1 Å². The van der Waals surface area contributed by atoms with Gasteiger partial charge in [-0.15, -0.1) is 0 Å². The van der Waals surface area contributed by atoms with Crippen molar-refractivity contribution < 1.29 is 4.74 Å². The number of ether oxygens (including phenoxy) is 1. The van der Waals surface area contributed by atoms with Gasteiger partial charge in [0.15, 0.2) is 0 Å². The predicted molar refractivity (Wildman–Crippen MR) is 60.9 cm³/mol. The number of hydrogen-bond acceptors (Lipinski definition) is 3. The summed E-state index contributed by atoms with van der Waals surface area (Å²) in [6.07, 6.45) is 1.70. The second-order valence-corrected chi connectivity index (χ2v) is 3.21. The molecule has 78 valence electrons. The number of rotatable bonds is 2. The molecule has 0 spiro atoms. The zero-order chi connectivity index (χ0) is 11.4. The molecule has 0 radical (unpaired) electrons. The average Bonchev–Trinajstić information content (AvgIpc) is 2.38. The molecular formula is C13H10N2O. The highest BCUT2D eigenvalue weighted by Gasteiger charge is 2.11. The van der Waals surface area contributed by atoms with Gasteiger partial charge in [0, 0.05) is 6.20 Å². The molecule has 0 unspecified atom stereocenters. The van der Waals surface area contributed by atoms with E-state index in [9.17, 15) is 0 Å². The van der Waals surface area contributed by atoms with Crippen LogP contribution in [0, 0.1) is 11.3 Å². The lowest BCUT2D eigenvalue weighted by Crippen LogP contribution is -1.92. The molecule has 0 fully saturated rings. The molecule has 0 atom stereocenters. The monoisotopic (exact) mass is 210 g/mol. The van der Waals surface area contributed by atoms with Gasteiger partial charge in [0.25, 0.3) is 0 Å². The Morgan fingerprint density at radius 1 is 1.19 bits per heavy atom. The Bertz CT molecular complexity index is 529. The average molecular weight is 210 g/mol. The molecule has 16 heavy (non-hydrogen) atoms. The maximum Gasteiger partial charge on any atom is 0.129 e. The van der Waals surface area contributed by atoms with E-state index >= 15 is 0 Å². The first-order valence-corrected chi connectivity index (χ1v) is 4.85. The molecule has 0 saturated heterocycles. The molecule has 1 aromatic carbocycles. The second kappa shape index (κ2) is 4.45. The molecule has 0 bridgehead atoms. The van der Waals surface area contributed by atoms with Gasteiger partial charge in [0.2, 0.25) is 0 Å². The number of pyridine rings is 1. The first kappa shape index (κ1) is 10.2. The van der Waals surface area contributed by atoms with Crippen LogP contribution in [0.2, 0.25) is 0 Å². The lowest BCUT2D eigenvalue weighted by molar-refractivity contribution is 0.416. The van der Waals surface area contributed by atoms with E-state index in [4.69, 9.17) is 10.00 Å². The molecular weight excluding hydrogens is 200 g/mol. The third-order valence-electron chi connectivity index (χ3n) is 2.29. The van der Waals surface area contributed by atoms with E-state index in [1.54, 1.807) is 25.4 Å². The largest absolute Gasteiger partial charge is 0.496 e. The fourth-order valence-electron chi connectivity index (χ4n) is 1.57. The molecule has 0 aliphatic carbocycles. The van der Waals surface area contributed by atoms with Gasteiger partial charge >= 0.3 is 0 Å². The summed E-state index contributed by atoms with van der Waals surface area (Å²) < 4.78 is 5.25. The topological polar surface area (TPSA) is 45.9 Å². The van der Waals surface area contributed by atoms with Gasteiger partial charge in [0.05, 0.1) is 30.0 Å². The lowest BCUT2D eigenvalue weighted by atomic mass is 10.0. The van der Waals surface area contributed by atoms with Crippen LogP contribution in [0.3, 0.4) is 0 Å². The number of nitrogens with zero attached hydrogens (tertiary/aromatic N) is 2. The minimum atomic E-state index is 0.568. The zero-order valence-corrected chi connectivity index (χ0v) is 8.84. The summed E-state index contributed by atoms with van der Waals surface area (Å²) >= 11 is 0. The van der Waals surface area contributed by atoms with E-state index in [1.165, 1.54) is 0 Å². The van der Waals surface area contributed by atoms with Gasteiger partial charge in [-0.3, -0.25) is 4.98 Å². The Morgan fingerprint density at radius 2 is 2.06 bits per heavy atom. The summed E-state index contributed by atoms with van der Waals surface area (Å²) in [7, 11) is 1.59. The number of aromatic nitrogens is 1. The summed E-state index contributed by atoms with van der Waals surface area (Å²) in [5, 5.41) is 9.07. The van der Waals surface area contributed by atoms with E-state index in [1.807, 2.05) is 24.3 Å². The van der Waals surface area contributed by atoms with Crippen LogP contribution in [-0.4, -0.2) is 12.1 Å². The van der Waals surface area contributed by atoms with Crippen molar-refractivity contribution in [2.75, 3.05) is 7.11 Å². The second-order valence-electron chi connectivity index (χ2n) is 3.21. The molecule has 0 saturated carbocycles. The number of methoxy groups -OCH3 is 1. The van der Waals surface area contributed by atoms with Gasteiger partial charge in [-0.2, -0.15) is 5.26 Å². The Kier molecular flexibility index (Phi) is 2.84. The summed E-state index contributed by atoms with van der Waals surface area (Å²) in [6.45, 7) is 0. The number of nitriles is 1. The van der Waals surface area contributed by atoms with Crippen LogP contribution >= 0.6 is 0 Å². The van der Waals surface area contributed by atoms with Crippen LogP contribution in [0.25, 0.3) is 11.3 Å². The highest BCUT2D eigenvalue weighted by molar-refractivity contribution is 5.73. The first-order chi connectivity index (χ1) is 7.86. The fraction of sp³-hybridized carbons (Fsp3) is 0.0769. The number of hydrogen-bond donors (Lipinski definition) is 0. The van der Waals surface area contributed by atoms with E-state index in [-0.39, 0.29) is 0 Å². The number of benzene rings is 1. The van der Waals surface area contributed by atoms with Crippen molar-refractivity contribution in [1.82, 2.24) is 4.98 Å². The first-order valence-electron chi connectivity index (χ1n) is 4.85. The van der Waals surface area contributed by atoms with E-state index < -0.39 is 0 Å². The Morgan fingerprint density at radius 3 is 2.69 bits per heavy atom.